The van der Waals surface area contributed by atoms with Gasteiger partial charge in [-0.1, -0.05) is 24.3 Å². The molecule has 0 amide bonds. The number of pyridine rings is 1. The lowest BCUT2D eigenvalue weighted by molar-refractivity contribution is -0.141. The minimum absolute atomic E-state index is 0.189. The Kier molecular flexibility index (Phi) is 3.73. The molecule has 31 heavy (non-hydrogen) atoms. The van der Waals surface area contributed by atoms with Gasteiger partial charge in [-0.15, -0.1) is 0 Å². The van der Waals surface area contributed by atoms with Crippen molar-refractivity contribution in [3.63, 3.8) is 0 Å². The van der Waals surface area contributed by atoms with E-state index in [1.54, 1.807) is 0 Å². The highest BCUT2D eigenvalue weighted by Crippen LogP contribution is 2.54. The molecule has 0 saturated carbocycles. The molecule has 3 aliphatic heterocycles. The molecule has 0 aliphatic carbocycles. The standard InChI is InChI=1S/C23H17F3N2O3/c24-23(25,26)21-6-5-14(9-27-21)10-28-11-22(15-3-1-2-4-17(15)28)12-29-18-8-20-19(7-16(18)22)30-13-31-20/h1-9H,10-13H2. The van der Waals surface area contributed by atoms with Gasteiger partial charge in [-0.3, -0.25) is 4.98 Å². The van der Waals surface area contributed by atoms with Crippen molar-refractivity contribution in [2.75, 3.05) is 24.8 Å². The van der Waals surface area contributed by atoms with Crippen LogP contribution in [0, 0.1) is 0 Å². The monoisotopic (exact) mass is 426 g/mol. The van der Waals surface area contributed by atoms with Crippen LogP contribution in [0.5, 0.6) is 17.2 Å². The molecule has 3 aliphatic rings. The Morgan fingerprint density at radius 1 is 0.935 bits per heavy atom. The third kappa shape index (κ3) is 2.74. The first kappa shape index (κ1) is 18.4. The van der Waals surface area contributed by atoms with E-state index in [1.165, 1.54) is 12.3 Å². The van der Waals surface area contributed by atoms with E-state index >= 15 is 0 Å². The normalized spacial score (nSPS) is 20.7. The molecule has 3 aromatic rings. The second kappa shape index (κ2) is 6.29. The third-order valence-corrected chi connectivity index (χ3v) is 6.17. The topological polar surface area (TPSA) is 43.8 Å². The van der Waals surface area contributed by atoms with Crippen LogP contribution in [-0.2, 0) is 18.1 Å². The zero-order chi connectivity index (χ0) is 21.2. The quantitative estimate of drug-likeness (QED) is 0.603. The Morgan fingerprint density at radius 2 is 1.74 bits per heavy atom. The molecular weight excluding hydrogens is 409 g/mol. The van der Waals surface area contributed by atoms with Crippen LogP contribution in [0.1, 0.15) is 22.4 Å². The van der Waals surface area contributed by atoms with E-state index in [0.717, 1.165) is 28.6 Å². The number of aromatic nitrogens is 1. The van der Waals surface area contributed by atoms with Gasteiger partial charge in [0.15, 0.2) is 11.5 Å². The number of fused-ring (bicyclic) bond motifs is 5. The van der Waals surface area contributed by atoms with Crippen LogP contribution in [0.4, 0.5) is 18.9 Å². The average Bonchev–Trinajstić information content (AvgIpc) is 3.44. The molecule has 0 N–H and O–H groups in total. The molecule has 2 aromatic carbocycles. The summed E-state index contributed by atoms with van der Waals surface area (Å²) in [6.07, 6.45) is -3.15. The Balaban J connectivity index is 1.37. The van der Waals surface area contributed by atoms with Gasteiger partial charge in [0.1, 0.15) is 18.1 Å². The Bertz CT molecular complexity index is 1180. The zero-order valence-electron chi connectivity index (χ0n) is 16.3. The molecule has 8 heteroatoms. The molecule has 158 valence electrons. The summed E-state index contributed by atoms with van der Waals surface area (Å²) in [4.78, 5) is 5.77. The van der Waals surface area contributed by atoms with E-state index in [4.69, 9.17) is 14.2 Å². The van der Waals surface area contributed by atoms with E-state index < -0.39 is 11.9 Å². The second-order valence-corrected chi connectivity index (χ2v) is 8.00. The van der Waals surface area contributed by atoms with Crippen LogP contribution in [0.2, 0.25) is 0 Å². The first-order valence-corrected chi connectivity index (χ1v) is 9.88. The SMILES string of the molecule is FC(F)(F)c1ccc(CN2CC3(COc4cc5c(cc43)OCO5)c3ccccc32)cn1. The lowest BCUT2D eigenvalue weighted by Gasteiger charge is -2.25. The molecular formula is C23H17F3N2O3. The zero-order valence-corrected chi connectivity index (χ0v) is 16.3. The molecule has 4 heterocycles. The predicted octanol–water partition coefficient (Wildman–Crippen LogP) is 4.53. The van der Waals surface area contributed by atoms with Crippen LogP contribution >= 0.6 is 0 Å². The summed E-state index contributed by atoms with van der Waals surface area (Å²) in [5.74, 6) is 2.15. The van der Waals surface area contributed by atoms with Gasteiger partial charge in [0.2, 0.25) is 6.79 Å². The van der Waals surface area contributed by atoms with Crippen LogP contribution < -0.4 is 19.1 Å². The van der Waals surface area contributed by atoms with Crippen molar-refractivity contribution in [3.05, 3.63) is 77.1 Å². The summed E-state index contributed by atoms with van der Waals surface area (Å²) in [5, 5.41) is 0. The number of ether oxygens (including phenoxy) is 3. The van der Waals surface area contributed by atoms with Gasteiger partial charge in [-0.2, -0.15) is 13.2 Å². The first-order valence-electron chi connectivity index (χ1n) is 9.88. The number of alkyl halides is 3. The lowest BCUT2D eigenvalue weighted by Crippen LogP contribution is -2.35. The van der Waals surface area contributed by atoms with Crippen molar-refractivity contribution >= 4 is 5.69 Å². The number of rotatable bonds is 2. The van der Waals surface area contributed by atoms with Crippen molar-refractivity contribution < 1.29 is 27.4 Å². The van der Waals surface area contributed by atoms with Gasteiger partial charge in [-0.05, 0) is 29.3 Å². The number of nitrogens with zero attached hydrogens (tertiary/aromatic N) is 2. The maximum Gasteiger partial charge on any atom is 0.433 e. The average molecular weight is 426 g/mol. The summed E-state index contributed by atoms with van der Waals surface area (Å²) >= 11 is 0. The highest BCUT2D eigenvalue weighted by molar-refractivity contribution is 5.70. The minimum atomic E-state index is -4.44. The summed E-state index contributed by atoms with van der Waals surface area (Å²) in [5.41, 5.74) is 2.65. The summed E-state index contributed by atoms with van der Waals surface area (Å²) in [6.45, 7) is 1.75. The fraction of sp³-hybridized carbons (Fsp3) is 0.261. The predicted molar refractivity (Wildman–Crippen MR) is 106 cm³/mol. The fourth-order valence-electron chi connectivity index (χ4n) is 4.75. The lowest BCUT2D eigenvalue weighted by atomic mass is 9.77. The van der Waals surface area contributed by atoms with E-state index in [1.807, 2.05) is 30.3 Å². The number of hydrogen-bond acceptors (Lipinski definition) is 5. The molecule has 0 radical (unpaired) electrons. The van der Waals surface area contributed by atoms with Crippen molar-refractivity contribution in [2.24, 2.45) is 0 Å². The van der Waals surface area contributed by atoms with Gasteiger partial charge in [0.25, 0.3) is 0 Å². The summed E-state index contributed by atoms with van der Waals surface area (Å²) in [7, 11) is 0. The van der Waals surface area contributed by atoms with E-state index in [0.29, 0.717) is 36.8 Å². The van der Waals surface area contributed by atoms with Crippen LogP contribution in [-0.4, -0.2) is 24.9 Å². The summed E-state index contributed by atoms with van der Waals surface area (Å²) < 4.78 is 55.7. The minimum Gasteiger partial charge on any atom is -0.492 e. The first-order chi connectivity index (χ1) is 14.9. The molecule has 1 unspecified atom stereocenters. The smallest absolute Gasteiger partial charge is 0.433 e. The molecule has 0 saturated heterocycles. The second-order valence-electron chi connectivity index (χ2n) is 8.00. The molecule has 1 aromatic heterocycles. The molecule has 6 rings (SSSR count). The maximum atomic E-state index is 12.9. The largest absolute Gasteiger partial charge is 0.492 e. The van der Waals surface area contributed by atoms with Crippen molar-refractivity contribution in [1.82, 2.24) is 4.98 Å². The molecule has 1 atom stereocenters. The highest BCUT2D eigenvalue weighted by Gasteiger charge is 2.50. The fourth-order valence-corrected chi connectivity index (χ4v) is 4.75. The van der Waals surface area contributed by atoms with Crippen LogP contribution in [0.3, 0.4) is 0 Å². The van der Waals surface area contributed by atoms with Gasteiger partial charge < -0.3 is 19.1 Å². The molecule has 0 bridgehead atoms. The van der Waals surface area contributed by atoms with Crippen molar-refractivity contribution in [3.8, 4) is 17.2 Å². The van der Waals surface area contributed by atoms with Gasteiger partial charge in [0.05, 0.1) is 5.41 Å². The Hall–Kier alpha value is -3.42. The number of halogens is 3. The van der Waals surface area contributed by atoms with Gasteiger partial charge in [-0.25, -0.2) is 0 Å². The van der Waals surface area contributed by atoms with Crippen molar-refractivity contribution in [2.45, 2.75) is 18.1 Å². The third-order valence-electron chi connectivity index (χ3n) is 6.17. The molecule has 5 nitrogen and oxygen atoms in total. The van der Waals surface area contributed by atoms with E-state index in [-0.39, 0.29) is 12.2 Å². The van der Waals surface area contributed by atoms with Gasteiger partial charge in [0, 0.05) is 36.6 Å². The van der Waals surface area contributed by atoms with Gasteiger partial charge >= 0.3 is 6.18 Å². The maximum absolute atomic E-state index is 12.9. The number of anilines is 1. The van der Waals surface area contributed by atoms with E-state index in [9.17, 15) is 13.2 Å². The molecule has 0 fully saturated rings. The number of hydrogen-bond donors (Lipinski definition) is 0. The van der Waals surface area contributed by atoms with Crippen LogP contribution in [0.15, 0.2) is 54.7 Å². The molecule has 1 spiro atoms. The number of para-hydroxylation sites is 1. The van der Waals surface area contributed by atoms with Crippen molar-refractivity contribution in [1.29, 1.82) is 0 Å². The Morgan fingerprint density at radius 3 is 2.52 bits per heavy atom. The number of benzene rings is 2. The van der Waals surface area contributed by atoms with E-state index in [2.05, 4.69) is 16.0 Å². The van der Waals surface area contributed by atoms with Crippen LogP contribution in [0.25, 0.3) is 0 Å². The Labute approximate surface area is 176 Å². The summed E-state index contributed by atoms with van der Waals surface area (Å²) in [6, 6.07) is 14.5. The highest BCUT2D eigenvalue weighted by atomic mass is 19.4.